The van der Waals surface area contributed by atoms with Crippen LogP contribution in [-0.4, -0.2) is 37.9 Å². The van der Waals surface area contributed by atoms with Crippen molar-refractivity contribution in [2.75, 3.05) is 17.1 Å². The van der Waals surface area contributed by atoms with Crippen LogP contribution >= 0.6 is 0 Å². The first-order valence-corrected chi connectivity index (χ1v) is 9.37. The zero-order valence-electron chi connectivity index (χ0n) is 14.0. The molecule has 0 radical (unpaired) electrons. The van der Waals surface area contributed by atoms with Gasteiger partial charge in [-0.05, 0) is 31.2 Å². The molecule has 1 amide bonds. The van der Waals surface area contributed by atoms with Crippen LogP contribution in [0, 0.1) is 0 Å². The molecule has 0 saturated carbocycles. The van der Waals surface area contributed by atoms with Crippen LogP contribution < -0.4 is 9.62 Å². The highest BCUT2D eigenvalue weighted by Gasteiger charge is 2.21. The minimum absolute atomic E-state index is 0.185. The van der Waals surface area contributed by atoms with E-state index in [0.717, 1.165) is 10.6 Å². The average Bonchev–Trinajstić information content (AvgIpc) is 2.58. The zero-order chi connectivity index (χ0) is 18.4. The maximum Gasteiger partial charge on any atom is 0.241 e. The van der Waals surface area contributed by atoms with Gasteiger partial charge in [0.1, 0.15) is 6.54 Å². The molecular formula is C17H19N3O4S. The second-order valence-corrected chi connectivity index (χ2v) is 7.38. The van der Waals surface area contributed by atoms with Crippen molar-refractivity contribution in [3.8, 4) is 0 Å². The number of pyridine rings is 1. The van der Waals surface area contributed by atoms with Gasteiger partial charge in [0.05, 0.1) is 24.2 Å². The summed E-state index contributed by atoms with van der Waals surface area (Å²) < 4.78 is 25.1. The largest absolute Gasteiger partial charge is 0.349 e. The van der Waals surface area contributed by atoms with Crippen molar-refractivity contribution in [1.82, 2.24) is 10.3 Å². The Labute approximate surface area is 146 Å². The van der Waals surface area contributed by atoms with Crippen LogP contribution in [0.3, 0.4) is 0 Å². The van der Waals surface area contributed by atoms with Crippen LogP contribution in [0.4, 0.5) is 5.69 Å². The highest BCUT2D eigenvalue weighted by Crippen LogP contribution is 2.19. The van der Waals surface area contributed by atoms with Gasteiger partial charge in [-0.2, -0.15) is 0 Å². The molecule has 0 aliphatic heterocycles. The van der Waals surface area contributed by atoms with E-state index in [4.69, 9.17) is 0 Å². The Kier molecular flexibility index (Phi) is 5.87. The van der Waals surface area contributed by atoms with Crippen LogP contribution in [0.1, 0.15) is 23.0 Å². The molecule has 0 aliphatic rings. The van der Waals surface area contributed by atoms with Crippen molar-refractivity contribution in [2.24, 2.45) is 0 Å². The van der Waals surface area contributed by atoms with Gasteiger partial charge in [-0.3, -0.25) is 18.9 Å². The molecule has 0 fully saturated rings. The van der Waals surface area contributed by atoms with Gasteiger partial charge in [-0.1, -0.05) is 18.2 Å². The van der Waals surface area contributed by atoms with Gasteiger partial charge in [-0.25, -0.2) is 8.42 Å². The first-order chi connectivity index (χ1) is 11.8. The average molecular weight is 361 g/mol. The number of nitrogens with one attached hydrogen (secondary N) is 1. The van der Waals surface area contributed by atoms with E-state index >= 15 is 0 Å². The summed E-state index contributed by atoms with van der Waals surface area (Å²) in [5.41, 5.74) is 1.31. The lowest BCUT2D eigenvalue weighted by molar-refractivity contribution is -0.119. The number of benzene rings is 1. The Morgan fingerprint density at radius 2 is 1.92 bits per heavy atom. The molecule has 1 aromatic carbocycles. The summed E-state index contributed by atoms with van der Waals surface area (Å²) >= 11 is 0. The summed E-state index contributed by atoms with van der Waals surface area (Å²) in [6, 6.07) is 11.5. The van der Waals surface area contributed by atoms with E-state index in [2.05, 4.69) is 10.3 Å². The maximum absolute atomic E-state index is 12.2. The summed E-state index contributed by atoms with van der Waals surface area (Å²) in [7, 11) is -3.69. The first kappa shape index (κ1) is 18.6. The predicted molar refractivity (Wildman–Crippen MR) is 94.7 cm³/mol. The number of aromatic nitrogens is 1. The molecule has 7 nitrogen and oxygen atoms in total. The predicted octanol–water partition coefficient (Wildman–Crippen LogP) is 1.37. The van der Waals surface area contributed by atoms with Gasteiger partial charge >= 0.3 is 0 Å². The molecular weight excluding hydrogens is 342 g/mol. The number of sulfonamides is 1. The minimum atomic E-state index is -3.69. The van der Waals surface area contributed by atoms with Gasteiger partial charge in [0.2, 0.25) is 15.9 Å². The van der Waals surface area contributed by atoms with E-state index < -0.39 is 15.9 Å². The monoisotopic (exact) mass is 361 g/mol. The standard InChI is InChI=1S/C17H19N3O4S/c1-13(21)14-6-5-8-16(10-14)20(25(2,23)24)12-17(22)19-11-15-7-3-4-9-18-15/h3-10H,11-12H2,1-2H3,(H,19,22). The quantitative estimate of drug-likeness (QED) is 0.751. The van der Waals surface area contributed by atoms with E-state index in [1.54, 1.807) is 42.6 Å². The van der Waals surface area contributed by atoms with Crippen LogP contribution in [0.5, 0.6) is 0 Å². The summed E-state index contributed by atoms with van der Waals surface area (Å²) in [4.78, 5) is 27.7. The highest BCUT2D eigenvalue weighted by molar-refractivity contribution is 7.92. The fourth-order valence-corrected chi connectivity index (χ4v) is 3.01. The molecule has 0 aliphatic carbocycles. The lowest BCUT2D eigenvalue weighted by Crippen LogP contribution is -2.40. The molecule has 0 bridgehead atoms. The van der Waals surface area contributed by atoms with Gasteiger partial charge in [0, 0.05) is 11.8 Å². The van der Waals surface area contributed by atoms with E-state index in [1.165, 1.54) is 13.0 Å². The molecule has 2 rings (SSSR count). The topological polar surface area (TPSA) is 96.4 Å². The summed E-state index contributed by atoms with van der Waals surface area (Å²) in [5, 5.41) is 2.63. The maximum atomic E-state index is 12.2. The van der Waals surface area contributed by atoms with Crippen molar-refractivity contribution in [3.63, 3.8) is 0 Å². The van der Waals surface area contributed by atoms with Gasteiger partial charge in [0.15, 0.2) is 5.78 Å². The second kappa shape index (κ2) is 7.89. The second-order valence-electron chi connectivity index (χ2n) is 5.47. The molecule has 2 aromatic rings. The van der Waals surface area contributed by atoms with Crippen LogP contribution in [0.25, 0.3) is 0 Å². The van der Waals surface area contributed by atoms with Crippen molar-refractivity contribution >= 4 is 27.4 Å². The Morgan fingerprint density at radius 1 is 1.16 bits per heavy atom. The number of anilines is 1. The Hall–Kier alpha value is -2.74. The molecule has 1 aromatic heterocycles. The number of ketones is 1. The number of Topliss-reactive ketones (excluding diaryl/α,β-unsaturated/α-hetero) is 1. The number of rotatable bonds is 7. The number of nitrogens with zero attached hydrogens (tertiary/aromatic N) is 2. The van der Waals surface area contributed by atoms with Crippen LogP contribution in [-0.2, 0) is 21.4 Å². The van der Waals surface area contributed by atoms with E-state index in [-0.39, 0.29) is 24.6 Å². The first-order valence-electron chi connectivity index (χ1n) is 7.52. The molecule has 0 saturated heterocycles. The van der Waals surface area contributed by atoms with E-state index in [9.17, 15) is 18.0 Å². The molecule has 132 valence electrons. The highest BCUT2D eigenvalue weighted by atomic mass is 32.2. The lowest BCUT2D eigenvalue weighted by atomic mass is 10.1. The molecule has 8 heteroatoms. The molecule has 0 atom stereocenters. The Morgan fingerprint density at radius 3 is 2.52 bits per heavy atom. The fourth-order valence-electron chi connectivity index (χ4n) is 2.16. The van der Waals surface area contributed by atoms with E-state index in [0.29, 0.717) is 11.3 Å². The van der Waals surface area contributed by atoms with Gasteiger partial charge in [-0.15, -0.1) is 0 Å². The van der Waals surface area contributed by atoms with Crippen molar-refractivity contribution in [1.29, 1.82) is 0 Å². The molecule has 0 unspecified atom stereocenters. The van der Waals surface area contributed by atoms with Crippen molar-refractivity contribution < 1.29 is 18.0 Å². The minimum Gasteiger partial charge on any atom is -0.349 e. The third kappa shape index (κ3) is 5.39. The molecule has 25 heavy (non-hydrogen) atoms. The summed E-state index contributed by atoms with van der Waals surface area (Å²) in [6.45, 7) is 1.21. The number of hydrogen-bond acceptors (Lipinski definition) is 5. The number of hydrogen-bond donors (Lipinski definition) is 1. The zero-order valence-corrected chi connectivity index (χ0v) is 14.8. The number of carbonyl (C=O) groups excluding carboxylic acids is 2. The summed E-state index contributed by atoms with van der Waals surface area (Å²) in [6.07, 6.45) is 2.62. The summed E-state index contributed by atoms with van der Waals surface area (Å²) in [5.74, 6) is -0.654. The SMILES string of the molecule is CC(=O)c1cccc(N(CC(=O)NCc2ccccn2)S(C)(=O)=O)c1. The molecule has 1 heterocycles. The van der Waals surface area contributed by atoms with Gasteiger partial charge < -0.3 is 5.32 Å². The van der Waals surface area contributed by atoms with Crippen molar-refractivity contribution in [2.45, 2.75) is 13.5 Å². The van der Waals surface area contributed by atoms with Crippen LogP contribution in [0.2, 0.25) is 0 Å². The normalized spacial score (nSPS) is 11.0. The van der Waals surface area contributed by atoms with Gasteiger partial charge in [0.25, 0.3) is 0 Å². The van der Waals surface area contributed by atoms with E-state index in [1.807, 2.05) is 0 Å². The number of carbonyl (C=O) groups is 2. The Bertz CT molecular complexity index is 866. The van der Waals surface area contributed by atoms with Crippen molar-refractivity contribution in [3.05, 3.63) is 59.9 Å². The van der Waals surface area contributed by atoms with Crippen LogP contribution in [0.15, 0.2) is 48.7 Å². The third-order valence-corrected chi connectivity index (χ3v) is 4.56. The fraction of sp³-hybridized carbons (Fsp3) is 0.235. The lowest BCUT2D eigenvalue weighted by Gasteiger charge is -2.22. The third-order valence-electron chi connectivity index (χ3n) is 3.42. The molecule has 0 spiro atoms. The number of amides is 1. The smallest absolute Gasteiger partial charge is 0.241 e. The Balaban J connectivity index is 2.14. The molecule has 1 N–H and O–H groups in total.